The van der Waals surface area contributed by atoms with Gasteiger partial charge in [-0.3, -0.25) is 4.98 Å². The fourth-order valence-electron chi connectivity index (χ4n) is 2.90. The number of nitrogens with zero attached hydrogens (tertiary/aromatic N) is 1. The van der Waals surface area contributed by atoms with Crippen molar-refractivity contribution in [1.29, 1.82) is 0 Å². The average molecular weight is 343 g/mol. The molecule has 1 saturated heterocycles. The molecule has 5 nitrogen and oxygen atoms in total. The molecule has 2 aromatic rings. The summed E-state index contributed by atoms with van der Waals surface area (Å²) in [7, 11) is 0. The summed E-state index contributed by atoms with van der Waals surface area (Å²) in [6.07, 6.45) is 3.47. The highest BCUT2D eigenvalue weighted by Crippen LogP contribution is 2.27. The molecule has 25 heavy (non-hydrogen) atoms. The molecule has 6 heteroatoms. The molecule has 0 aliphatic carbocycles. The van der Waals surface area contributed by atoms with E-state index in [9.17, 15) is 9.18 Å². The maximum Gasteiger partial charge on any atom is 0.315 e. The van der Waals surface area contributed by atoms with Crippen LogP contribution in [0, 0.1) is 12.7 Å². The molecule has 1 aliphatic rings. The van der Waals surface area contributed by atoms with Crippen LogP contribution >= 0.6 is 0 Å². The summed E-state index contributed by atoms with van der Waals surface area (Å²) in [5.41, 5.74) is 2.69. The Labute approximate surface area is 146 Å². The van der Waals surface area contributed by atoms with Crippen molar-refractivity contribution in [2.24, 2.45) is 0 Å². The molecule has 2 amide bonds. The van der Waals surface area contributed by atoms with Gasteiger partial charge in [0.25, 0.3) is 0 Å². The number of amides is 2. The van der Waals surface area contributed by atoms with Crippen molar-refractivity contribution < 1.29 is 13.9 Å². The van der Waals surface area contributed by atoms with Crippen LogP contribution in [-0.2, 0) is 11.3 Å². The zero-order valence-corrected chi connectivity index (χ0v) is 14.2. The van der Waals surface area contributed by atoms with E-state index >= 15 is 0 Å². The monoisotopic (exact) mass is 343 g/mol. The Bertz CT molecular complexity index is 698. The second-order valence-corrected chi connectivity index (χ2v) is 6.22. The van der Waals surface area contributed by atoms with E-state index in [2.05, 4.69) is 15.6 Å². The van der Waals surface area contributed by atoms with Crippen LogP contribution in [0.3, 0.4) is 0 Å². The van der Waals surface area contributed by atoms with Crippen molar-refractivity contribution in [3.05, 3.63) is 65.2 Å². The number of nitrogens with one attached hydrogen (secondary N) is 2. The summed E-state index contributed by atoms with van der Waals surface area (Å²) in [4.78, 5) is 16.5. The number of carbonyl (C=O) groups excluding carboxylic acids is 1. The molecule has 1 aliphatic heterocycles. The van der Waals surface area contributed by atoms with Gasteiger partial charge in [-0.05, 0) is 49.1 Å². The van der Waals surface area contributed by atoms with Gasteiger partial charge in [-0.2, -0.15) is 0 Å². The topological polar surface area (TPSA) is 63.2 Å². The molecule has 0 saturated carbocycles. The Morgan fingerprint density at radius 3 is 2.76 bits per heavy atom. The lowest BCUT2D eigenvalue weighted by atomic mass is 9.99. The molecule has 0 radical (unpaired) electrons. The first kappa shape index (κ1) is 17.4. The number of halogens is 1. The first-order chi connectivity index (χ1) is 12.1. The van der Waals surface area contributed by atoms with Gasteiger partial charge in [0.2, 0.25) is 0 Å². The van der Waals surface area contributed by atoms with Crippen molar-refractivity contribution in [2.45, 2.75) is 38.5 Å². The molecule has 1 aromatic heterocycles. The molecule has 2 atom stereocenters. The number of aromatic nitrogens is 1. The van der Waals surface area contributed by atoms with Crippen LogP contribution in [0.2, 0.25) is 0 Å². The van der Waals surface area contributed by atoms with Crippen LogP contribution < -0.4 is 10.6 Å². The number of benzene rings is 1. The average Bonchev–Trinajstić information content (AvgIpc) is 3.14. The fraction of sp³-hybridized carbons (Fsp3) is 0.368. The number of carbonyl (C=O) groups is 1. The molecule has 3 rings (SSSR count). The van der Waals surface area contributed by atoms with Crippen LogP contribution in [0.15, 0.2) is 42.6 Å². The zero-order chi connectivity index (χ0) is 17.6. The Balaban J connectivity index is 1.63. The molecule has 0 spiro atoms. The molecule has 1 fully saturated rings. The van der Waals surface area contributed by atoms with Gasteiger partial charge >= 0.3 is 6.03 Å². The predicted octanol–water partition coefficient (Wildman–Crippen LogP) is 3.25. The number of rotatable bonds is 5. The second-order valence-electron chi connectivity index (χ2n) is 6.22. The molecular formula is C19H22FN3O2. The second kappa shape index (κ2) is 8.07. The maximum atomic E-state index is 13.2. The molecule has 0 unspecified atom stereocenters. The van der Waals surface area contributed by atoms with Gasteiger partial charge in [0.05, 0.1) is 12.1 Å². The summed E-state index contributed by atoms with van der Waals surface area (Å²) in [5, 5.41) is 5.79. The largest absolute Gasteiger partial charge is 0.376 e. The molecule has 2 heterocycles. The quantitative estimate of drug-likeness (QED) is 0.876. The minimum atomic E-state index is -0.306. The maximum absolute atomic E-state index is 13.2. The van der Waals surface area contributed by atoms with Gasteiger partial charge in [-0.15, -0.1) is 0 Å². The third-order valence-electron chi connectivity index (χ3n) is 4.28. The SMILES string of the molecule is Cc1ccc(CNC(=O)N[C@H](c2ccc(F)cc2)[C@@H]2CCCO2)cn1. The molecule has 132 valence electrons. The third kappa shape index (κ3) is 4.76. The zero-order valence-electron chi connectivity index (χ0n) is 14.2. The number of urea groups is 1. The van der Waals surface area contributed by atoms with E-state index in [1.807, 2.05) is 19.1 Å². The summed E-state index contributed by atoms with van der Waals surface area (Å²) in [5.74, 6) is -0.300. The summed E-state index contributed by atoms with van der Waals surface area (Å²) < 4.78 is 18.9. The van der Waals surface area contributed by atoms with Gasteiger partial charge < -0.3 is 15.4 Å². The molecular weight excluding hydrogens is 321 g/mol. The number of ether oxygens (including phenoxy) is 1. The minimum Gasteiger partial charge on any atom is -0.376 e. The predicted molar refractivity (Wildman–Crippen MR) is 92.5 cm³/mol. The van der Waals surface area contributed by atoms with E-state index in [4.69, 9.17) is 4.74 Å². The van der Waals surface area contributed by atoms with Crippen LogP contribution in [0.25, 0.3) is 0 Å². The van der Waals surface area contributed by atoms with Crippen molar-refractivity contribution in [3.63, 3.8) is 0 Å². The fourth-order valence-corrected chi connectivity index (χ4v) is 2.90. The number of aryl methyl sites for hydroxylation is 1. The third-order valence-corrected chi connectivity index (χ3v) is 4.28. The Hall–Kier alpha value is -2.47. The van der Waals surface area contributed by atoms with E-state index in [0.29, 0.717) is 13.2 Å². The van der Waals surface area contributed by atoms with Crippen LogP contribution in [-0.4, -0.2) is 23.7 Å². The summed E-state index contributed by atoms with van der Waals surface area (Å²) in [6, 6.07) is 9.41. The number of hydrogen-bond acceptors (Lipinski definition) is 3. The van der Waals surface area contributed by atoms with Crippen molar-refractivity contribution in [3.8, 4) is 0 Å². The van der Waals surface area contributed by atoms with Crippen molar-refractivity contribution in [2.75, 3.05) is 6.61 Å². The van der Waals surface area contributed by atoms with Crippen LogP contribution in [0.5, 0.6) is 0 Å². The normalized spacial score (nSPS) is 17.9. The number of hydrogen-bond donors (Lipinski definition) is 2. The Morgan fingerprint density at radius 2 is 2.12 bits per heavy atom. The van der Waals surface area contributed by atoms with E-state index in [-0.39, 0.29) is 24.0 Å². The van der Waals surface area contributed by atoms with E-state index < -0.39 is 0 Å². The van der Waals surface area contributed by atoms with Gasteiger partial charge in [0.1, 0.15) is 5.82 Å². The Kier molecular flexibility index (Phi) is 5.60. The van der Waals surface area contributed by atoms with E-state index in [0.717, 1.165) is 29.7 Å². The minimum absolute atomic E-state index is 0.0998. The first-order valence-electron chi connectivity index (χ1n) is 8.45. The lowest BCUT2D eigenvalue weighted by molar-refractivity contribution is 0.0807. The highest BCUT2D eigenvalue weighted by Gasteiger charge is 2.28. The van der Waals surface area contributed by atoms with E-state index in [1.54, 1.807) is 18.3 Å². The smallest absolute Gasteiger partial charge is 0.315 e. The van der Waals surface area contributed by atoms with Crippen LogP contribution in [0.4, 0.5) is 9.18 Å². The van der Waals surface area contributed by atoms with Gasteiger partial charge in [-0.1, -0.05) is 18.2 Å². The van der Waals surface area contributed by atoms with Crippen molar-refractivity contribution in [1.82, 2.24) is 15.6 Å². The van der Waals surface area contributed by atoms with Gasteiger partial charge in [0.15, 0.2) is 0 Å². The molecule has 1 aromatic carbocycles. The van der Waals surface area contributed by atoms with Gasteiger partial charge in [-0.25, -0.2) is 9.18 Å². The van der Waals surface area contributed by atoms with Gasteiger partial charge in [0, 0.05) is 25.0 Å². The highest BCUT2D eigenvalue weighted by molar-refractivity contribution is 5.74. The lowest BCUT2D eigenvalue weighted by Gasteiger charge is -2.25. The number of pyridine rings is 1. The standard InChI is InChI=1S/C19H22FN3O2/c1-13-4-5-14(11-21-13)12-22-19(24)23-18(17-3-2-10-25-17)15-6-8-16(20)9-7-15/h4-9,11,17-18H,2-3,10,12H2,1H3,(H2,22,23,24)/t17-,18+/m0/s1. The van der Waals surface area contributed by atoms with Crippen molar-refractivity contribution >= 4 is 6.03 Å². The van der Waals surface area contributed by atoms with Crippen LogP contribution in [0.1, 0.15) is 35.7 Å². The molecule has 2 N–H and O–H groups in total. The first-order valence-corrected chi connectivity index (χ1v) is 8.45. The molecule has 0 bridgehead atoms. The van der Waals surface area contributed by atoms with E-state index in [1.165, 1.54) is 12.1 Å². The lowest BCUT2D eigenvalue weighted by Crippen LogP contribution is -2.42. The summed E-state index contributed by atoms with van der Waals surface area (Å²) >= 11 is 0. The highest BCUT2D eigenvalue weighted by atomic mass is 19.1. The summed E-state index contributed by atoms with van der Waals surface area (Å²) in [6.45, 7) is 2.99. The Morgan fingerprint density at radius 1 is 1.32 bits per heavy atom.